The molecule has 5 heteroatoms. The number of carboxylic acid groups (broad SMARTS) is 1. The Bertz CT molecular complexity index is 490. The summed E-state index contributed by atoms with van der Waals surface area (Å²) in [4.78, 5) is 13.7. The molecule has 1 unspecified atom stereocenters. The molecule has 0 spiro atoms. The summed E-state index contributed by atoms with van der Waals surface area (Å²) in [7, 11) is 3.86. The van der Waals surface area contributed by atoms with Gasteiger partial charge in [-0.25, -0.2) is 9.18 Å². The quantitative estimate of drug-likeness (QED) is 0.841. The zero-order chi connectivity index (χ0) is 14.0. The standard InChI is InChI=1S/C14H19FN2O2/c1-17(2)9-8-16-14(13(18)19)7-6-10-11(14)4-3-5-12(10)15/h3-5,16H,6-9H2,1-2H3,(H,18,19). The molecule has 0 aliphatic heterocycles. The van der Waals surface area contributed by atoms with Gasteiger partial charge < -0.3 is 10.0 Å². The molecule has 0 bridgehead atoms. The van der Waals surface area contributed by atoms with Crippen molar-refractivity contribution in [1.82, 2.24) is 10.2 Å². The summed E-state index contributed by atoms with van der Waals surface area (Å²) in [6.07, 6.45) is 0.856. The minimum absolute atomic E-state index is 0.310. The van der Waals surface area contributed by atoms with Gasteiger partial charge in [-0.1, -0.05) is 12.1 Å². The van der Waals surface area contributed by atoms with Crippen LogP contribution in [0.4, 0.5) is 4.39 Å². The number of carbonyl (C=O) groups is 1. The van der Waals surface area contributed by atoms with Gasteiger partial charge in [0.15, 0.2) is 0 Å². The summed E-state index contributed by atoms with van der Waals surface area (Å²) in [5.41, 5.74) is -0.0472. The van der Waals surface area contributed by atoms with Crippen molar-refractivity contribution < 1.29 is 14.3 Å². The maximum absolute atomic E-state index is 13.7. The molecule has 104 valence electrons. The first-order chi connectivity index (χ1) is 8.97. The molecule has 1 aliphatic rings. The first-order valence-corrected chi connectivity index (χ1v) is 6.38. The normalized spacial score (nSPS) is 21.7. The van der Waals surface area contributed by atoms with Crippen LogP contribution in [0.2, 0.25) is 0 Å². The van der Waals surface area contributed by atoms with Gasteiger partial charge in [-0.15, -0.1) is 0 Å². The maximum Gasteiger partial charge on any atom is 0.328 e. The van der Waals surface area contributed by atoms with Gasteiger partial charge in [0.1, 0.15) is 11.4 Å². The van der Waals surface area contributed by atoms with Gasteiger partial charge in [0.2, 0.25) is 0 Å². The number of halogens is 1. The van der Waals surface area contributed by atoms with E-state index in [1.54, 1.807) is 12.1 Å². The van der Waals surface area contributed by atoms with Gasteiger partial charge in [-0.2, -0.15) is 0 Å². The topological polar surface area (TPSA) is 52.6 Å². The van der Waals surface area contributed by atoms with Crippen LogP contribution in [0, 0.1) is 5.82 Å². The molecule has 0 radical (unpaired) electrons. The van der Waals surface area contributed by atoms with Gasteiger partial charge in [0.25, 0.3) is 0 Å². The highest BCUT2D eigenvalue weighted by atomic mass is 19.1. The summed E-state index contributed by atoms with van der Waals surface area (Å²) >= 11 is 0. The predicted molar refractivity (Wildman–Crippen MR) is 70.6 cm³/mol. The van der Waals surface area contributed by atoms with Gasteiger partial charge >= 0.3 is 5.97 Å². The fraction of sp³-hybridized carbons (Fsp3) is 0.500. The minimum atomic E-state index is -1.15. The summed E-state index contributed by atoms with van der Waals surface area (Å²) in [5.74, 6) is -1.24. The van der Waals surface area contributed by atoms with E-state index in [0.717, 1.165) is 6.54 Å². The van der Waals surface area contributed by atoms with E-state index in [0.29, 0.717) is 30.5 Å². The van der Waals surface area contributed by atoms with Gasteiger partial charge in [0, 0.05) is 13.1 Å². The SMILES string of the molecule is CN(C)CCNC1(C(=O)O)CCc2c(F)cccc21. The third-order valence-corrected chi connectivity index (χ3v) is 3.68. The molecule has 0 amide bonds. The third-order valence-electron chi connectivity index (χ3n) is 3.68. The van der Waals surface area contributed by atoms with E-state index in [1.165, 1.54) is 6.07 Å². The Morgan fingerprint density at radius 2 is 2.26 bits per heavy atom. The molecule has 0 saturated carbocycles. The van der Waals surface area contributed by atoms with Crippen LogP contribution in [0.1, 0.15) is 17.5 Å². The number of hydrogen-bond donors (Lipinski definition) is 2. The minimum Gasteiger partial charge on any atom is -0.480 e. The fourth-order valence-corrected chi connectivity index (χ4v) is 2.63. The lowest BCUT2D eigenvalue weighted by Crippen LogP contribution is -2.49. The van der Waals surface area contributed by atoms with E-state index in [9.17, 15) is 14.3 Å². The summed E-state index contributed by atoms with van der Waals surface area (Å²) < 4.78 is 13.7. The molecular formula is C14H19FN2O2. The molecule has 0 fully saturated rings. The molecule has 0 saturated heterocycles. The number of carboxylic acids is 1. The average molecular weight is 266 g/mol. The Morgan fingerprint density at radius 1 is 1.53 bits per heavy atom. The smallest absolute Gasteiger partial charge is 0.328 e. The van der Waals surface area contributed by atoms with Gasteiger partial charge in [0.05, 0.1) is 0 Å². The van der Waals surface area contributed by atoms with E-state index in [1.807, 2.05) is 19.0 Å². The van der Waals surface area contributed by atoms with Crippen molar-refractivity contribution in [3.8, 4) is 0 Å². The Morgan fingerprint density at radius 3 is 2.89 bits per heavy atom. The molecule has 0 aromatic heterocycles. The van der Waals surface area contributed by atoms with Crippen LogP contribution < -0.4 is 5.32 Å². The third kappa shape index (κ3) is 2.48. The number of nitrogens with one attached hydrogen (secondary N) is 1. The van der Waals surface area contributed by atoms with Crippen molar-refractivity contribution in [2.24, 2.45) is 0 Å². The van der Waals surface area contributed by atoms with Crippen LogP contribution in [0.25, 0.3) is 0 Å². The molecule has 2 N–H and O–H groups in total. The first kappa shape index (κ1) is 14.0. The highest BCUT2D eigenvalue weighted by Crippen LogP contribution is 2.38. The molecule has 1 aliphatic carbocycles. The van der Waals surface area contributed by atoms with Crippen LogP contribution in [-0.2, 0) is 16.8 Å². The van der Waals surface area contributed by atoms with Crippen molar-refractivity contribution in [2.75, 3.05) is 27.2 Å². The Hall–Kier alpha value is -1.46. The molecule has 1 aromatic carbocycles. The second kappa shape index (κ2) is 5.27. The molecule has 4 nitrogen and oxygen atoms in total. The Labute approximate surface area is 112 Å². The number of hydrogen-bond acceptors (Lipinski definition) is 3. The highest BCUT2D eigenvalue weighted by Gasteiger charge is 2.45. The summed E-state index contributed by atoms with van der Waals surface area (Å²) in [5, 5.41) is 12.7. The Balaban J connectivity index is 2.29. The fourth-order valence-electron chi connectivity index (χ4n) is 2.63. The van der Waals surface area contributed by atoms with Crippen LogP contribution in [0.3, 0.4) is 0 Å². The van der Waals surface area contributed by atoms with Crippen molar-refractivity contribution >= 4 is 5.97 Å². The lowest BCUT2D eigenvalue weighted by atomic mass is 9.91. The van der Waals surface area contributed by atoms with Crippen molar-refractivity contribution in [1.29, 1.82) is 0 Å². The summed E-state index contributed by atoms with van der Waals surface area (Å²) in [6.45, 7) is 1.29. The number of nitrogens with zero attached hydrogens (tertiary/aromatic N) is 1. The Kier molecular flexibility index (Phi) is 3.87. The number of benzene rings is 1. The van der Waals surface area contributed by atoms with E-state index < -0.39 is 11.5 Å². The van der Waals surface area contributed by atoms with Crippen molar-refractivity contribution in [2.45, 2.75) is 18.4 Å². The molecule has 2 rings (SSSR count). The monoisotopic (exact) mass is 266 g/mol. The largest absolute Gasteiger partial charge is 0.480 e. The highest BCUT2D eigenvalue weighted by molar-refractivity contribution is 5.82. The van der Waals surface area contributed by atoms with Crippen LogP contribution >= 0.6 is 0 Å². The zero-order valence-corrected chi connectivity index (χ0v) is 11.2. The molecule has 1 aromatic rings. The second-order valence-corrected chi connectivity index (χ2v) is 5.21. The molecule has 0 heterocycles. The van der Waals surface area contributed by atoms with Gasteiger partial charge in [-0.05, 0) is 44.1 Å². The second-order valence-electron chi connectivity index (χ2n) is 5.21. The van der Waals surface area contributed by atoms with Crippen LogP contribution in [0.5, 0.6) is 0 Å². The lowest BCUT2D eigenvalue weighted by Gasteiger charge is -2.28. The maximum atomic E-state index is 13.7. The first-order valence-electron chi connectivity index (χ1n) is 6.38. The lowest BCUT2D eigenvalue weighted by molar-refractivity contribution is -0.145. The van der Waals surface area contributed by atoms with E-state index in [-0.39, 0.29) is 5.82 Å². The zero-order valence-electron chi connectivity index (χ0n) is 11.2. The van der Waals surface area contributed by atoms with Crippen molar-refractivity contribution in [3.63, 3.8) is 0 Å². The van der Waals surface area contributed by atoms with E-state index in [2.05, 4.69) is 5.32 Å². The molecule has 1 atom stereocenters. The number of fused-ring (bicyclic) bond motifs is 1. The van der Waals surface area contributed by atoms with Crippen LogP contribution in [0.15, 0.2) is 18.2 Å². The predicted octanol–water partition coefficient (Wildman–Crippen LogP) is 1.20. The van der Waals surface area contributed by atoms with Crippen LogP contribution in [-0.4, -0.2) is 43.2 Å². The number of aliphatic carboxylic acids is 1. The number of likely N-dealkylation sites (N-methyl/N-ethyl adjacent to an activating group) is 1. The average Bonchev–Trinajstić information content (AvgIpc) is 2.71. The molecule has 19 heavy (non-hydrogen) atoms. The van der Waals surface area contributed by atoms with E-state index in [4.69, 9.17) is 0 Å². The van der Waals surface area contributed by atoms with Gasteiger partial charge in [-0.3, -0.25) is 5.32 Å². The van der Waals surface area contributed by atoms with E-state index >= 15 is 0 Å². The molecular weight excluding hydrogens is 247 g/mol. The van der Waals surface area contributed by atoms with Crippen molar-refractivity contribution in [3.05, 3.63) is 35.1 Å². The number of rotatable bonds is 5. The summed E-state index contributed by atoms with van der Waals surface area (Å²) in [6, 6.07) is 4.67.